The fourth-order valence-corrected chi connectivity index (χ4v) is 3.28. The first-order valence-electron chi connectivity index (χ1n) is 8.93. The van der Waals surface area contributed by atoms with E-state index in [1.54, 1.807) is 6.20 Å². The SMILES string of the molecule is CC(C)c1n[nH]c(CC2CCN(c3ncc4cccnc4n3)CC2)n1. The molecular weight excluding hydrogens is 314 g/mol. The number of rotatable bonds is 4. The maximum absolute atomic E-state index is 4.61. The number of aromatic nitrogens is 6. The van der Waals surface area contributed by atoms with Gasteiger partial charge in [0.15, 0.2) is 11.5 Å². The van der Waals surface area contributed by atoms with Gasteiger partial charge in [0.1, 0.15) is 5.82 Å². The van der Waals surface area contributed by atoms with Crippen LogP contribution in [0, 0.1) is 5.92 Å². The molecule has 4 heterocycles. The van der Waals surface area contributed by atoms with Crippen LogP contribution in [-0.2, 0) is 6.42 Å². The summed E-state index contributed by atoms with van der Waals surface area (Å²) in [5, 5.41) is 8.37. The summed E-state index contributed by atoms with van der Waals surface area (Å²) in [7, 11) is 0. The smallest absolute Gasteiger partial charge is 0.227 e. The number of nitrogens with zero attached hydrogens (tertiary/aromatic N) is 6. The molecule has 0 unspecified atom stereocenters. The third-order valence-electron chi connectivity index (χ3n) is 4.79. The van der Waals surface area contributed by atoms with E-state index < -0.39 is 0 Å². The van der Waals surface area contributed by atoms with Crippen LogP contribution in [0.2, 0.25) is 0 Å². The maximum atomic E-state index is 4.61. The van der Waals surface area contributed by atoms with E-state index in [0.717, 1.165) is 61.0 Å². The molecule has 1 fully saturated rings. The van der Waals surface area contributed by atoms with Crippen molar-refractivity contribution in [3.63, 3.8) is 0 Å². The van der Waals surface area contributed by atoms with Gasteiger partial charge in [0.2, 0.25) is 5.95 Å². The monoisotopic (exact) mass is 337 g/mol. The summed E-state index contributed by atoms with van der Waals surface area (Å²) in [6.45, 7) is 6.16. The second-order valence-electron chi connectivity index (χ2n) is 7.02. The summed E-state index contributed by atoms with van der Waals surface area (Å²) in [5.74, 6) is 3.69. The number of piperidine rings is 1. The number of pyridine rings is 1. The van der Waals surface area contributed by atoms with Gasteiger partial charge in [-0.1, -0.05) is 13.8 Å². The van der Waals surface area contributed by atoms with E-state index in [1.807, 2.05) is 18.3 Å². The molecule has 25 heavy (non-hydrogen) atoms. The van der Waals surface area contributed by atoms with Crippen molar-refractivity contribution in [2.45, 2.75) is 39.0 Å². The van der Waals surface area contributed by atoms with Gasteiger partial charge in [-0.3, -0.25) is 5.10 Å². The van der Waals surface area contributed by atoms with Gasteiger partial charge >= 0.3 is 0 Å². The molecule has 1 saturated heterocycles. The maximum Gasteiger partial charge on any atom is 0.227 e. The van der Waals surface area contributed by atoms with E-state index in [9.17, 15) is 0 Å². The fourth-order valence-electron chi connectivity index (χ4n) is 3.28. The van der Waals surface area contributed by atoms with E-state index in [-0.39, 0.29) is 0 Å². The van der Waals surface area contributed by atoms with Gasteiger partial charge in [0.25, 0.3) is 0 Å². The van der Waals surface area contributed by atoms with E-state index in [1.165, 1.54) is 0 Å². The second-order valence-corrected chi connectivity index (χ2v) is 7.02. The van der Waals surface area contributed by atoms with E-state index in [2.05, 4.69) is 48.9 Å². The first-order chi connectivity index (χ1) is 12.2. The highest BCUT2D eigenvalue weighted by Gasteiger charge is 2.22. The van der Waals surface area contributed by atoms with Crippen LogP contribution in [0.15, 0.2) is 24.5 Å². The predicted molar refractivity (Wildman–Crippen MR) is 96.4 cm³/mol. The van der Waals surface area contributed by atoms with Crippen molar-refractivity contribution in [1.29, 1.82) is 0 Å². The standard InChI is InChI=1S/C18H23N7/c1-12(2)16-21-15(23-24-16)10-13-5-8-25(9-6-13)18-20-11-14-4-3-7-19-17(14)22-18/h3-4,7,11-13H,5-6,8-10H2,1-2H3,(H,21,23,24). The lowest BCUT2D eigenvalue weighted by atomic mass is 9.93. The van der Waals surface area contributed by atoms with Crippen LogP contribution in [0.25, 0.3) is 11.0 Å². The van der Waals surface area contributed by atoms with Crippen molar-refractivity contribution < 1.29 is 0 Å². The molecule has 0 amide bonds. The molecule has 1 aliphatic rings. The third kappa shape index (κ3) is 3.45. The lowest BCUT2D eigenvalue weighted by Crippen LogP contribution is -2.35. The number of nitrogens with one attached hydrogen (secondary N) is 1. The second kappa shape index (κ2) is 6.74. The van der Waals surface area contributed by atoms with Crippen molar-refractivity contribution in [3.05, 3.63) is 36.2 Å². The molecule has 0 aliphatic carbocycles. The summed E-state index contributed by atoms with van der Waals surface area (Å²) < 4.78 is 0. The summed E-state index contributed by atoms with van der Waals surface area (Å²) in [6.07, 6.45) is 6.82. The van der Waals surface area contributed by atoms with Crippen molar-refractivity contribution >= 4 is 17.0 Å². The Morgan fingerprint density at radius 1 is 1.20 bits per heavy atom. The van der Waals surface area contributed by atoms with Crippen LogP contribution in [-0.4, -0.2) is 43.2 Å². The molecule has 4 rings (SSSR count). The molecule has 7 nitrogen and oxygen atoms in total. The summed E-state index contributed by atoms with van der Waals surface area (Å²) >= 11 is 0. The molecule has 7 heteroatoms. The minimum absolute atomic E-state index is 0.366. The molecule has 0 radical (unpaired) electrons. The number of hydrogen-bond acceptors (Lipinski definition) is 6. The molecule has 3 aromatic rings. The number of aromatic amines is 1. The van der Waals surface area contributed by atoms with Crippen LogP contribution in [0.5, 0.6) is 0 Å². The minimum atomic E-state index is 0.366. The van der Waals surface area contributed by atoms with Crippen molar-refractivity contribution in [3.8, 4) is 0 Å². The van der Waals surface area contributed by atoms with Crippen LogP contribution < -0.4 is 4.90 Å². The summed E-state index contributed by atoms with van der Waals surface area (Å²) in [4.78, 5) is 20.3. The number of anilines is 1. The molecule has 130 valence electrons. The molecule has 0 saturated carbocycles. The highest BCUT2D eigenvalue weighted by molar-refractivity contribution is 5.74. The van der Waals surface area contributed by atoms with Gasteiger partial charge in [-0.25, -0.2) is 15.0 Å². The molecule has 1 aliphatic heterocycles. The molecular formula is C18H23N7. The normalized spacial score (nSPS) is 16.0. The lowest BCUT2D eigenvalue weighted by molar-refractivity contribution is 0.394. The Balaban J connectivity index is 1.38. The number of fused-ring (bicyclic) bond motifs is 1. The zero-order valence-electron chi connectivity index (χ0n) is 14.7. The minimum Gasteiger partial charge on any atom is -0.341 e. The molecule has 1 N–H and O–H groups in total. The number of hydrogen-bond donors (Lipinski definition) is 1. The van der Waals surface area contributed by atoms with E-state index in [0.29, 0.717) is 11.8 Å². The van der Waals surface area contributed by atoms with Crippen molar-refractivity contribution in [1.82, 2.24) is 30.1 Å². The quantitative estimate of drug-likeness (QED) is 0.788. The Morgan fingerprint density at radius 3 is 2.80 bits per heavy atom. The van der Waals surface area contributed by atoms with E-state index in [4.69, 9.17) is 0 Å². The van der Waals surface area contributed by atoms with E-state index >= 15 is 0 Å². The van der Waals surface area contributed by atoms with Gasteiger partial charge in [-0.05, 0) is 30.9 Å². The fraction of sp³-hybridized carbons (Fsp3) is 0.500. The Labute approximate surface area is 146 Å². The number of H-pyrrole nitrogens is 1. The topological polar surface area (TPSA) is 83.5 Å². The van der Waals surface area contributed by atoms with Gasteiger partial charge in [-0.2, -0.15) is 10.1 Å². The average molecular weight is 337 g/mol. The highest BCUT2D eigenvalue weighted by Crippen LogP contribution is 2.24. The van der Waals surface area contributed by atoms with Crippen molar-refractivity contribution in [2.24, 2.45) is 5.92 Å². The average Bonchev–Trinajstić information content (AvgIpc) is 3.11. The lowest BCUT2D eigenvalue weighted by Gasteiger charge is -2.31. The first kappa shape index (κ1) is 15.9. The van der Waals surface area contributed by atoms with Gasteiger partial charge in [-0.15, -0.1) is 0 Å². The van der Waals surface area contributed by atoms with Gasteiger partial charge in [0, 0.05) is 43.2 Å². The zero-order chi connectivity index (χ0) is 17.2. The van der Waals surface area contributed by atoms with Crippen LogP contribution in [0.1, 0.15) is 44.3 Å². The molecule has 0 aromatic carbocycles. The van der Waals surface area contributed by atoms with Crippen LogP contribution >= 0.6 is 0 Å². The molecule has 0 spiro atoms. The van der Waals surface area contributed by atoms with Crippen LogP contribution in [0.3, 0.4) is 0 Å². The van der Waals surface area contributed by atoms with Crippen molar-refractivity contribution in [2.75, 3.05) is 18.0 Å². The highest BCUT2D eigenvalue weighted by atomic mass is 15.3. The Morgan fingerprint density at radius 2 is 2.04 bits per heavy atom. The summed E-state index contributed by atoms with van der Waals surface area (Å²) in [5.41, 5.74) is 0.762. The first-order valence-corrected chi connectivity index (χ1v) is 8.93. The third-order valence-corrected chi connectivity index (χ3v) is 4.79. The Hall–Kier alpha value is -2.57. The molecule has 3 aromatic heterocycles. The van der Waals surface area contributed by atoms with Gasteiger partial charge < -0.3 is 4.90 Å². The van der Waals surface area contributed by atoms with Crippen LogP contribution in [0.4, 0.5) is 5.95 Å². The zero-order valence-corrected chi connectivity index (χ0v) is 14.7. The van der Waals surface area contributed by atoms with Gasteiger partial charge in [0.05, 0.1) is 0 Å². The largest absolute Gasteiger partial charge is 0.341 e. The Kier molecular flexibility index (Phi) is 4.29. The molecule has 0 atom stereocenters. The summed E-state index contributed by atoms with van der Waals surface area (Å²) in [6, 6.07) is 3.90. The molecule has 0 bridgehead atoms. The Bertz CT molecular complexity index is 849. The predicted octanol–water partition coefficient (Wildman–Crippen LogP) is 2.73.